The van der Waals surface area contributed by atoms with E-state index in [2.05, 4.69) is 0 Å². The molecule has 0 spiro atoms. The molecule has 156 valence electrons. The van der Waals surface area contributed by atoms with E-state index in [4.69, 9.17) is 5.73 Å². The molecule has 1 rings (SSSR count). The summed E-state index contributed by atoms with van der Waals surface area (Å²) >= 11 is 0. The third-order valence-electron chi connectivity index (χ3n) is 3.18. The van der Waals surface area contributed by atoms with Gasteiger partial charge in [0.15, 0.2) is 0 Å². The van der Waals surface area contributed by atoms with Crippen molar-refractivity contribution >= 4 is 5.69 Å². The maximum atomic E-state index is 13.5. The Balaban J connectivity index is 3.67. The lowest BCUT2D eigenvalue weighted by molar-refractivity contribution is -0.361. The van der Waals surface area contributed by atoms with Crippen LogP contribution >= 0.6 is 0 Å². The van der Waals surface area contributed by atoms with Crippen molar-refractivity contribution in [2.45, 2.75) is 36.0 Å². The van der Waals surface area contributed by atoms with E-state index in [-0.39, 0.29) is 0 Å². The summed E-state index contributed by atoms with van der Waals surface area (Å²) in [4.78, 5) is 0. The standard InChI is InChI=1S/C12H5F14N/c13-7(14,9(17,18)11(21,22)23)4-1-5(3-6(27)2-4)8(15,16)10(19,20)12(24,25)26/h1-3H,27H2. The number of hydrogen-bond acceptors (Lipinski definition) is 1. The van der Waals surface area contributed by atoms with Crippen LogP contribution in [-0.4, -0.2) is 24.2 Å². The molecular weight excluding hydrogens is 424 g/mol. The Labute approximate surface area is 139 Å². The Hall–Kier alpha value is -1.96. The van der Waals surface area contributed by atoms with Gasteiger partial charge in [0.1, 0.15) is 0 Å². The number of alkyl halides is 14. The molecule has 1 aromatic rings. The number of anilines is 1. The number of nitrogen functional groups attached to an aromatic ring is 1. The van der Waals surface area contributed by atoms with Gasteiger partial charge in [-0.25, -0.2) is 0 Å². The van der Waals surface area contributed by atoms with Gasteiger partial charge >= 0.3 is 36.0 Å². The SMILES string of the molecule is Nc1cc(C(F)(F)C(F)(F)C(F)(F)F)cc(C(F)(F)C(F)(F)C(F)(F)F)c1. The minimum absolute atomic E-state index is 0.398. The van der Waals surface area contributed by atoms with Crippen molar-refractivity contribution in [3.8, 4) is 0 Å². The van der Waals surface area contributed by atoms with Crippen LogP contribution in [0.5, 0.6) is 0 Å². The molecule has 0 atom stereocenters. The van der Waals surface area contributed by atoms with Gasteiger partial charge in [-0.3, -0.25) is 0 Å². The van der Waals surface area contributed by atoms with Crippen LogP contribution in [0.2, 0.25) is 0 Å². The summed E-state index contributed by atoms with van der Waals surface area (Å²) < 4.78 is 179. The van der Waals surface area contributed by atoms with Crippen molar-refractivity contribution in [1.82, 2.24) is 0 Å². The van der Waals surface area contributed by atoms with E-state index in [0.717, 1.165) is 0 Å². The Morgan fingerprint density at radius 3 is 0.963 bits per heavy atom. The van der Waals surface area contributed by atoms with Crippen molar-refractivity contribution < 1.29 is 61.5 Å². The van der Waals surface area contributed by atoms with Gasteiger partial charge in [-0.05, 0) is 18.2 Å². The smallest absolute Gasteiger partial charge is 0.399 e. The van der Waals surface area contributed by atoms with Crippen LogP contribution < -0.4 is 5.73 Å². The highest BCUT2D eigenvalue weighted by atomic mass is 19.4. The average molecular weight is 429 g/mol. The van der Waals surface area contributed by atoms with E-state index in [1.54, 1.807) is 0 Å². The normalized spacial score (nSPS) is 15.2. The molecule has 0 aliphatic rings. The molecule has 27 heavy (non-hydrogen) atoms. The zero-order chi connectivity index (χ0) is 21.9. The van der Waals surface area contributed by atoms with Crippen molar-refractivity contribution in [2.24, 2.45) is 0 Å². The summed E-state index contributed by atoms with van der Waals surface area (Å²) in [6.45, 7) is 0. The molecule has 0 aliphatic heterocycles. The van der Waals surface area contributed by atoms with Crippen LogP contribution in [0.3, 0.4) is 0 Å². The number of hydrogen-bond donors (Lipinski definition) is 1. The highest BCUT2D eigenvalue weighted by Crippen LogP contribution is 2.55. The fourth-order valence-electron chi connectivity index (χ4n) is 1.73. The molecule has 0 saturated carbocycles. The quantitative estimate of drug-likeness (QED) is 0.472. The molecule has 0 aliphatic carbocycles. The third-order valence-corrected chi connectivity index (χ3v) is 3.18. The Morgan fingerprint density at radius 1 is 0.481 bits per heavy atom. The van der Waals surface area contributed by atoms with Crippen LogP contribution in [0.25, 0.3) is 0 Å². The predicted molar refractivity (Wildman–Crippen MR) is 60.6 cm³/mol. The topological polar surface area (TPSA) is 26.0 Å². The number of halogens is 14. The summed E-state index contributed by atoms with van der Waals surface area (Å²) in [5.41, 5.74) is -2.03. The molecule has 0 unspecified atom stereocenters. The zero-order valence-electron chi connectivity index (χ0n) is 12.1. The lowest BCUT2D eigenvalue weighted by Gasteiger charge is -2.31. The maximum absolute atomic E-state index is 13.5. The van der Waals surface area contributed by atoms with E-state index in [1.807, 2.05) is 0 Å². The van der Waals surface area contributed by atoms with Gasteiger partial charge in [0.25, 0.3) is 0 Å². The number of nitrogens with two attached hydrogens (primary N) is 1. The van der Waals surface area contributed by atoms with Gasteiger partial charge in [-0.1, -0.05) is 0 Å². The molecular formula is C12H5F14N. The minimum Gasteiger partial charge on any atom is -0.399 e. The molecule has 2 N–H and O–H groups in total. The third kappa shape index (κ3) is 3.47. The summed E-state index contributed by atoms with van der Waals surface area (Å²) in [7, 11) is 0. The maximum Gasteiger partial charge on any atom is 0.460 e. The molecule has 0 saturated heterocycles. The van der Waals surface area contributed by atoms with Gasteiger partial charge in [0.2, 0.25) is 0 Å². The van der Waals surface area contributed by atoms with Gasteiger partial charge in [0.05, 0.1) is 0 Å². The first-order valence-corrected chi connectivity index (χ1v) is 6.17. The monoisotopic (exact) mass is 429 g/mol. The first-order chi connectivity index (χ1) is 11.6. The van der Waals surface area contributed by atoms with E-state index >= 15 is 0 Å². The summed E-state index contributed by atoms with van der Waals surface area (Å²) in [5.74, 6) is -26.4. The number of benzene rings is 1. The second-order valence-electron chi connectivity index (χ2n) is 5.14. The summed E-state index contributed by atoms with van der Waals surface area (Å²) in [5, 5.41) is 0. The fraction of sp³-hybridized carbons (Fsp3) is 0.500. The molecule has 0 bridgehead atoms. The van der Waals surface area contributed by atoms with Crippen LogP contribution in [0.15, 0.2) is 18.2 Å². The van der Waals surface area contributed by atoms with Crippen LogP contribution in [-0.2, 0) is 11.8 Å². The van der Waals surface area contributed by atoms with Gasteiger partial charge in [-0.15, -0.1) is 0 Å². The van der Waals surface area contributed by atoms with Gasteiger partial charge < -0.3 is 5.73 Å². The first kappa shape index (κ1) is 23.1. The fourth-order valence-corrected chi connectivity index (χ4v) is 1.73. The lowest BCUT2D eigenvalue weighted by atomic mass is 9.94. The Bertz CT molecular complexity index is 643. The Morgan fingerprint density at radius 2 is 0.741 bits per heavy atom. The highest BCUT2D eigenvalue weighted by molar-refractivity contribution is 5.48. The largest absolute Gasteiger partial charge is 0.460 e. The summed E-state index contributed by atoms with van der Waals surface area (Å²) in [6, 6.07) is -1.83. The molecule has 0 aromatic heterocycles. The minimum atomic E-state index is -6.92. The molecule has 1 nitrogen and oxygen atoms in total. The summed E-state index contributed by atoms with van der Waals surface area (Å²) in [6.07, 6.45) is -13.8. The van der Waals surface area contributed by atoms with E-state index < -0.39 is 71.1 Å². The van der Waals surface area contributed by atoms with E-state index in [9.17, 15) is 61.5 Å². The van der Waals surface area contributed by atoms with Gasteiger partial charge in [-0.2, -0.15) is 61.5 Å². The highest BCUT2D eigenvalue weighted by Gasteiger charge is 2.75. The zero-order valence-corrected chi connectivity index (χ0v) is 12.1. The molecule has 0 heterocycles. The average Bonchev–Trinajstić information content (AvgIpc) is 2.43. The first-order valence-electron chi connectivity index (χ1n) is 6.17. The van der Waals surface area contributed by atoms with E-state index in [1.165, 1.54) is 0 Å². The predicted octanol–water partition coefficient (Wildman–Crippen LogP) is 5.85. The van der Waals surface area contributed by atoms with Crippen molar-refractivity contribution in [3.05, 3.63) is 29.3 Å². The molecule has 0 radical (unpaired) electrons. The molecule has 1 aromatic carbocycles. The van der Waals surface area contributed by atoms with Crippen LogP contribution in [0, 0.1) is 0 Å². The second kappa shape index (κ2) is 6.02. The van der Waals surface area contributed by atoms with Gasteiger partial charge in [0, 0.05) is 16.8 Å². The van der Waals surface area contributed by atoms with Crippen molar-refractivity contribution in [1.29, 1.82) is 0 Å². The van der Waals surface area contributed by atoms with Crippen LogP contribution in [0.4, 0.5) is 67.2 Å². The van der Waals surface area contributed by atoms with Crippen LogP contribution in [0.1, 0.15) is 11.1 Å². The molecule has 15 heteroatoms. The van der Waals surface area contributed by atoms with Crippen molar-refractivity contribution in [3.63, 3.8) is 0 Å². The molecule has 0 fully saturated rings. The Kier molecular flexibility index (Phi) is 5.15. The lowest BCUT2D eigenvalue weighted by Crippen LogP contribution is -2.51. The second-order valence-corrected chi connectivity index (χ2v) is 5.14. The van der Waals surface area contributed by atoms with E-state index in [0.29, 0.717) is 0 Å². The molecule has 0 amide bonds. The van der Waals surface area contributed by atoms with Crippen molar-refractivity contribution in [2.75, 3.05) is 5.73 Å². The number of rotatable bonds is 4.